The minimum absolute atomic E-state index is 0.998. The Morgan fingerprint density at radius 2 is 1.69 bits per heavy atom. The van der Waals surface area contributed by atoms with Crippen molar-refractivity contribution in [2.45, 2.75) is 20.8 Å². The highest BCUT2D eigenvalue weighted by atomic mass is 14.8. The molecule has 0 atom stereocenters. The van der Waals surface area contributed by atoms with Crippen LogP contribution in [0, 0.1) is 0 Å². The molecular formula is C12H21N. The smallest absolute Gasteiger partial charge is 0.0404 e. The molecule has 0 saturated carbocycles. The van der Waals surface area contributed by atoms with Crippen LogP contribution in [0.15, 0.2) is 48.7 Å². The molecule has 0 saturated heterocycles. The summed E-state index contributed by atoms with van der Waals surface area (Å²) in [5, 5.41) is 3.03. The molecule has 1 N–H and O–H groups in total. The fourth-order valence-electron chi connectivity index (χ4n) is 0.812. The van der Waals surface area contributed by atoms with Gasteiger partial charge in [-0.2, -0.15) is 0 Å². The molecule has 0 aliphatic heterocycles. The van der Waals surface area contributed by atoms with E-state index in [9.17, 15) is 0 Å². The van der Waals surface area contributed by atoms with E-state index in [1.807, 2.05) is 40.0 Å². The standard InChI is InChI=1S/C10H15N.C2H6/c1-5-8-9(6-2)10(7-3)11-4;1-2/h5-8,11H,2-3H2,1,4H3;1-2H3/b8-5-,10-9+;. The highest BCUT2D eigenvalue weighted by molar-refractivity contribution is 5.38. The van der Waals surface area contributed by atoms with Crippen LogP contribution in [-0.2, 0) is 0 Å². The summed E-state index contributed by atoms with van der Waals surface area (Å²) in [5.41, 5.74) is 2.06. The summed E-state index contributed by atoms with van der Waals surface area (Å²) in [5.74, 6) is 0. The van der Waals surface area contributed by atoms with Crippen molar-refractivity contribution in [1.29, 1.82) is 0 Å². The van der Waals surface area contributed by atoms with Crippen LogP contribution in [0.4, 0.5) is 0 Å². The third-order valence-corrected chi connectivity index (χ3v) is 1.35. The zero-order chi connectivity index (χ0) is 10.7. The lowest BCUT2D eigenvalue weighted by molar-refractivity contribution is 1.02. The minimum atomic E-state index is 0.998. The molecule has 0 radical (unpaired) electrons. The fraction of sp³-hybridized carbons (Fsp3) is 0.333. The maximum absolute atomic E-state index is 3.70. The Morgan fingerprint density at radius 1 is 1.15 bits per heavy atom. The third kappa shape index (κ3) is 5.97. The molecule has 0 amide bonds. The largest absolute Gasteiger partial charge is 0.388 e. The molecule has 0 aromatic heterocycles. The maximum Gasteiger partial charge on any atom is 0.0404 e. The molecule has 0 aromatic carbocycles. The molecule has 0 unspecified atom stereocenters. The molecule has 13 heavy (non-hydrogen) atoms. The Bertz CT molecular complexity index is 197. The van der Waals surface area contributed by atoms with Crippen LogP contribution in [0.25, 0.3) is 0 Å². The molecule has 0 spiro atoms. The normalized spacial score (nSPS) is 11.1. The lowest BCUT2D eigenvalue weighted by Crippen LogP contribution is -2.04. The van der Waals surface area contributed by atoms with Crippen molar-refractivity contribution in [1.82, 2.24) is 5.32 Å². The summed E-state index contributed by atoms with van der Waals surface area (Å²) in [6.45, 7) is 13.4. The Kier molecular flexibility index (Phi) is 11.8. The first-order valence-electron chi connectivity index (χ1n) is 4.59. The molecule has 0 fully saturated rings. The molecule has 74 valence electrons. The van der Waals surface area contributed by atoms with Gasteiger partial charge in [-0.1, -0.05) is 45.2 Å². The average Bonchev–Trinajstić information content (AvgIpc) is 2.21. The molecule has 1 nitrogen and oxygen atoms in total. The van der Waals surface area contributed by atoms with Gasteiger partial charge >= 0.3 is 0 Å². The third-order valence-electron chi connectivity index (χ3n) is 1.35. The second kappa shape index (κ2) is 10.8. The Labute approximate surface area is 82.6 Å². The van der Waals surface area contributed by atoms with E-state index in [0.29, 0.717) is 0 Å². The monoisotopic (exact) mass is 179 g/mol. The zero-order valence-corrected chi connectivity index (χ0v) is 9.22. The van der Waals surface area contributed by atoms with Gasteiger partial charge in [0.15, 0.2) is 0 Å². The highest BCUT2D eigenvalue weighted by Gasteiger charge is 1.91. The van der Waals surface area contributed by atoms with Crippen molar-refractivity contribution in [2.24, 2.45) is 0 Å². The highest BCUT2D eigenvalue weighted by Crippen LogP contribution is 2.04. The van der Waals surface area contributed by atoms with Gasteiger partial charge in [-0.15, -0.1) is 0 Å². The lowest BCUT2D eigenvalue weighted by Gasteiger charge is -2.02. The molecule has 0 rings (SSSR count). The summed E-state index contributed by atoms with van der Waals surface area (Å²) in [6, 6.07) is 0. The van der Waals surface area contributed by atoms with Crippen LogP contribution in [-0.4, -0.2) is 7.05 Å². The van der Waals surface area contributed by atoms with Crippen LogP contribution in [0.1, 0.15) is 20.8 Å². The predicted octanol–water partition coefficient (Wildman–Crippen LogP) is 3.43. The van der Waals surface area contributed by atoms with Gasteiger partial charge in [0.1, 0.15) is 0 Å². The van der Waals surface area contributed by atoms with Gasteiger partial charge < -0.3 is 5.32 Å². The van der Waals surface area contributed by atoms with Crippen LogP contribution in [0.5, 0.6) is 0 Å². The van der Waals surface area contributed by atoms with E-state index in [4.69, 9.17) is 0 Å². The maximum atomic E-state index is 3.70. The van der Waals surface area contributed by atoms with Gasteiger partial charge in [-0.3, -0.25) is 0 Å². The Hall–Kier alpha value is -1.24. The number of allylic oxidation sites excluding steroid dienone is 5. The van der Waals surface area contributed by atoms with Gasteiger partial charge in [0, 0.05) is 12.7 Å². The molecule has 0 aliphatic carbocycles. The quantitative estimate of drug-likeness (QED) is 0.652. The van der Waals surface area contributed by atoms with Crippen LogP contribution in [0.3, 0.4) is 0 Å². The fourth-order valence-corrected chi connectivity index (χ4v) is 0.812. The van der Waals surface area contributed by atoms with Gasteiger partial charge in [-0.05, 0) is 18.6 Å². The van der Waals surface area contributed by atoms with Gasteiger partial charge in [-0.25, -0.2) is 0 Å². The van der Waals surface area contributed by atoms with Crippen molar-refractivity contribution in [3.63, 3.8) is 0 Å². The van der Waals surface area contributed by atoms with E-state index in [2.05, 4.69) is 18.5 Å². The van der Waals surface area contributed by atoms with Gasteiger partial charge in [0.05, 0.1) is 0 Å². The topological polar surface area (TPSA) is 12.0 Å². The van der Waals surface area contributed by atoms with Gasteiger partial charge in [0.25, 0.3) is 0 Å². The second-order valence-corrected chi connectivity index (χ2v) is 2.03. The molecule has 1 heteroatoms. The first kappa shape index (κ1) is 14.3. The number of hydrogen-bond acceptors (Lipinski definition) is 1. The molecule has 0 aliphatic rings. The van der Waals surface area contributed by atoms with Crippen molar-refractivity contribution >= 4 is 0 Å². The summed E-state index contributed by atoms with van der Waals surface area (Å²) >= 11 is 0. The molecule has 0 heterocycles. The Balaban J connectivity index is 0. The summed E-state index contributed by atoms with van der Waals surface area (Å²) in [7, 11) is 1.87. The van der Waals surface area contributed by atoms with Crippen LogP contribution < -0.4 is 5.32 Å². The van der Waals surface area contributed by atoms with Crippen molar-refractivity contribution < 1.29 is 0 Å². The SMILES string of the molecule is C=CC(/C=C\C)=C(/C=C)NC.CC. The van der Waals surface area contributed by atoms with E-state index in [-0.39, 0.29) is 0 Å². The molecular weight excluding hydrogens is 158 g/mol. The van der Waals surface area contributed by atoms with E-state index in [1.165, 1.54) is 0 Å². The number of nitrogens with one attached hydrogen (secondary N) is 1. The molecule has 0 aromatic rings. The summed E-state index contributed by atoms with van der Waals surface area (Å²) < 4.78 is 0. The van der Waals surface area contributed by atoms with Crippen LogP contribution >= 0.6 is 0 Å². The van der Waals surface area contributed by atoms with E-state index < -0.39 is 0 Å². The van der Waals surface area contributed by atoms with E-state index in [0.717, 1.165) is 11.3 Å². The Morgan fingerprint density at radius 3 is 1.92 bits per heavy atom. The average molecular weight is 179 g/mol. The zero-order valence-electron chi connectivity index (χ0n) is 9.22. The first-order chi connectivity index (χ1) is 6.29. The molecule has 0 bridgehead atoms. The van der Waals surface area contributed by atoms with Crippen LogP contribution in [0.2, 0.25) is 0 Å². The van der Waals surface area contributed by atoms with Crippen molar-refractivity contribution in [2.75, 3.05) is 7.05 Å². The first-order valence-corrected chi connectivity index (χ1v) is 4.59. The summed E-state index contributed by atoms with van der Waals surface area (Å²) in [6.07, 6.45) is 7.53. The van der Waals surface area contributed by atoms with E-state index in [1.54, 1.807) is 12.2 Å². The van der Waals surface area contributed by atoms with Crippen molar-refractivity contribution in [3.05, 3.63) is 48.7 Å². The number of hydrogen-bond donors (Lipinski definition) is 1. The number of rotatable bonds is 4. The van der Waals surface area contributed by atoms with Gasteiger partial charge in [0.2, 0.25) is 0 Å². The predicted molar refractivity (Wildman–Crippen MR) is 62.6 cm³/mol. The van der Waals surface area contributed by atoms with E-state index >= 15 is 0 Å². The minimum Gasteiger partial charge on any atom is -0.388 e. The second-order valence-electron chi connectivity index (χ2n) is 2.03. The van der Waals surface area contributed by atoms with Crippen molar-refractivity contribution in [3.8, 4) is 0 Å². The number of likely N-dealkylation sites (N-methyl/N-ethyl adjacent to an activating group) is 1. The lowest BCUT2D eigenvalue weighted by atomic mass is 10.2. The summed E-state index contributed by atoms with van der Waals surface area (Å²) in [4.78, 5) is 0.